The van der Waals surface area contributed by atoms with Crippen LogP contribution in [0.3, 0.4) is 0 Å². The van der Waals surface area contributed by atoms with E-state index in [1.165, 1.54) is 37.7 Å². The van der Waals surface area contributed by atoms with Crippen molar-refractivity contribution in [2.24, 2.45) is 0 Å². The SMILES string of the molecule is COc1cc(F)c(C(O)c2csc(Br)c2)cc1OC. The summed E-state index contributed by atoms with van der Waals surface area (Å²) >= 11 is 4.74. The summed E-state index contributed by atoms with van der Waals surface area (Å²) in [5, 5.41) is 12.0. The van der Waals surface area contributed by atoms with Crippen LogP contribution in [0.2, 0.25) is 0 Å². The van der Waals surface area contributed by atoms with E-state index >= 15 is 0 Å². The number of thiophene rings is 1. The van der Waals surface area contributed by atoms with Crippen LogP contribution < -0.4 is 9.47 Å². The molecular weight excluding hydrogens is 335 g/mol. The van der Waals surface area contributed by atoms with Gasteiger partial charge in [0, 0.05) is 11.6 Å². The molecule has 0 aliphatic rings. The van der Waals surface area contributed by atoms with Crippen molar-refractivity contribution in [3.05, 3.63) is 44.3 Å². The third kappa shape index (κ3) is 2.91. The van der Waals surface area contributed by atoms with Gasteiger partial charge in [-0.25, -0.2) is 4.39 Å². The van der Waals surface area contributed by atoms with E-state index in [0.717, 1.165) is 3.79 Å². The van der Waals surface area contributed by atoms with Crippen molar-refractivity contribution in [1.82, 2.24) is 0 Å². The highest BCUT2D eigenvalue weighted by Gasteiger charge is 2.19. The molecule has 0 saturated heterocycles. The molecule has 1 N–H and O–H groups in total. The molecule has 102 valence electrons. The number of hydrogen-bond acceptors (Lipinski definition) is 4. The van der Waals surface area contributed by atoms with Crippen LogP contribution in [-0.2, 0) is 0 Å². The number of ether oxygens (including phenoxy) is 2. The van der Waals surface area contributed by atoms with Crippen LogP contribution in [0, 0.1) is 5.82 Å². The Labute approximate surface area is 122 Å². The summed E-state index contributed by atoms with van der Waals surface area (Å²) in [6.07, 6.45) is -1.04. The topological polar surface area (TPSA) is 38.7 Å². The van der Waals surface area contributed by atoms with E-state index < -0.39 is 11.9 Å². The van der Waals surface area contributed by atoms with Gasteiger partial charge in [0.05, 0.1) is 18.0 Å². The van der Waals surface area contributed by atoms with E-state index in [4.69, 9.17) is 9.47 Å². The Kier molecular flexibility index (Phi) is 4.44. The molecule has 3 nitrogen and oxygen atoms in total. The standard InChI is InChI=1S/C13H12BrFO3S/c1-17-10-4-8(9(15)5-11(10)18-2)13(16)7-3-12(14)19-6-7/h3-6,13,16H,1-2H3. The smallest absolute Gasteiger partial charge is 0.163 e. The van der Waals surface area contributed by atoms with Crippen molar-refractivity contribution in [2.45, 2.75) is 6.10 Å². The van der Waals surface area contributed by atoms with Gasteiger partial charge in [0.2, 0.25) is 0 Å². The van der Waals surface area contributed by atoms with Crippen LogP contribution in [0.15, 0.2) is 27.4 Å². The van der Waals surface area contributed by atoms with Crippen LogP contribution in [-0.4, -0.2) is 19.3 Å². The van der Waals surface area contributed by atoms with Gasteiger partial charge >= 0.3 is 0 Å². The predicted molar refractivity (Wildman–Crippen MR) is 75.6 cm³/mol. The number of halogens is 2. The number of rotatable bonds is 4. The summed E-state index contributed by atoms with van der Waals surface area (Å²) in [6.45, 7) is 0. The molecule has 1 unspecified atom stereocenters. The third-order valence-corrected chi connectivity index (χ3v) is 4.22. The minimum atomic E-state index is -1.04. The zero-order valence-corrected chi connectivity index (χ0v) is 12.7. The molecule has 1 heterocycles. The highest BCUT2D eigenvalue weighted by molar-refractivity contribution is 9.11. The van der Waals surface area contributed by atoms with E-state index in [2.05, 4.69) is 15.9 Å². The highest BCUT2D eigenvalue weighted by Crippen LogP contribution is 2.36. The van der Waals surface area contributed by atoms with E-state index in [1.54, 1.807) is 11.4 Å². The number of aliphatic hydroxyl groups excluding tert-OH is 1. The van der Waals surface area contributed by atoms with Crippen molar-refractivity contribution in [3.8, 4) is 11.5 Å². The Hall–Kier alpha value is -1.11. The fourth-order valence-corrected chi connectivity index (χ4v) is 2.92. The number of hydrogen-bond donors (Lipinski definition) is 1. The van der Waals surface area contributed by atoms with Crippen molar-refractivity contribution < 1.29 is 19.0 Å². The minimum Gasteiger partial charge on any atom is -0.493 e. The maximum atomic E-state index is 14.0. The van der Waals surface area contributed by atoms with Gasteiger partial charge in [0.25, 0.3) is 0 Å². The largest absolute Gasteiger partial charge is 0.493 e. The van der Waals surface area contributed by atoms with Gasteiger partial charge in [-0.2, -0.15) is 0 Å². The molecule has 2 rings (SSSR count). The lowest BCUT2D eigenvalue weighted by molar-refractivity contribution is 0.214. The average Bonchev–Trinajstić information content (AvgIpc) is 2.84. The molecule has 0 amide bonds. The van der Waals surface area contributed by atoms with Gasteiger partial charge in [-0.05, 0) is 39.0 Å². The maximum Gasteiger partial charge on any atom is 0.163 e. The predicted octanol–water partition coefficient (Wildman–Crippen LogP) is 3.75. The molecule has 2 aromatic rings. The minimum absolute atomic E-state index is 0.156. The molecule has 0 saturated carbocycles. The normalized spacial score (nSPS) is 12.3. The summed E-state index contributed by atoms with van der Waals surface area (Å²) in [6, 6.07) is 4.41. The van der Waals surface area contributed by atoms with E-state index in [0.29, 0.717) is 17.1 Å². The number of benzene rings is 1. The molecule has 6 heteroatoms. The highest BCUT2D eigenvalue weighted by atomic mass is 79.9. The molecule has 0 bridgehead atoms. The van der Waals surface area contributed by atoms with E-state index in [1.807, 2.05) is 0 Å². The number of methoxy groups -OCH3 is 2. The fourth-order valence-electron chi connectivity index (χ4n) is 1.73. The van der Waals surface area contributed by atoms with E-state index in [-0.39, 0.29) is 5.56 Å². The Morgan fingerprint density at radius 2 is 1.84 bits per heavy atom. The summed E-state index contributed by atoms with van der Waals surface area (Å²) in [5.41, 5.74) is 0.783. The van der Waals surface area contributed by atoms with Crippen molar-refractivity contribution in [3.63, 3.8) is 0 Å². The van der Waals surface area contributed by atoms with Crippen LogP contribution in [0.4, 0.5) is 4.39 Å². The van der Waals surface area contributed by atoms with Crippen LogP contribution >= 0.6 is 27.3 Å². The second kappa shape index (κ2) is 5.90. The third-order valence-electron chi connectivity index (χ3n) is 2.70. The van der Waals surface area contributed by atoms with Crippen LogP contribution in [0.5, 0.6) is 11.5 Å². The summed E-state index contributed by atoms with van der Waals surface area (Å²) in [7, 11) is 2.90. The Morgan fingerprint density at radius 1 is 1.21 bits per heavy atom. The Bertz CT molecular complexity index is 585. The summed E-state index contributed by atoms with van der Waals surface area (Å²) < 4.78 is 25.0. The van der Waals surface area contributed by atoms with Crippen molar-refractivity contribution >= 4 is 27.3 Å². The molecule has 19 heavy (non-hydrogen) atoms. The monoisotopic (exact) mass is 346 g/mol. The molecule has 0 aliphatic carbocycles. The molecule has 0 fully saturated rings. The second-order valence-corrected chi connectivity index (χ2v) is 6.11. The molecule has 1 aromatic carbocycles. The van der Waals surface area contributed by atoms with Gasteiger partial charge in [0.1, 0.15) is 11.9 Å². The zero-order valence-electron chi connectivity index (χ0n) is 10.3. The Morgan fingerprint density at radius 3 is 2.37 bits per heavy atom. The molecule has 0 spiro atoms. The fraction of sp³-hybridized carbons (Fsp3) is 0.231. The lowest BCUT2D eigenvalue weighted by Gasteiger charge is -2.14. The van der Waals surface area contributed by atoms with Gasteiger partial charge in [-0.1, -0.05) is 0 Å². The second-order valence-electron chi connectivity index (χ2n) is 3.82. The van der Waals surface area contributed by atoms with Crippen LogP contribution in [0.1, 0.15) is 17.2 Å². The van der Waals surface area contributed by atoms with E-state index in [9.17, 15) is 9.50 Å². The first-order valence-electron chi connectivity index (χ1n) is 5.40. The first-order chi connectivity index (χ1) is 9.06. The zero-order chi connectivity index (χ0) is 14.0. The molecule has 1 aromatic heterocycles. The van der Waals surface area contributed by atoms with Crippen molar-refractivity contribution in [1.29, 1.82) is 0 Å². The van der Waals surface area contributed by atoms with Crippen LogP contribution in [0.25, 0.3) is 0 Å². The quantitative estimate of drug-likeness (QED) is 0.916. The average molecular weight is 347 g/mol. The maximum absolute atomic E-state index is 14.0. The van der Waals surface area contributed by atoms with Gasteiger partial charge in [-0.15, -0.1) is 11.3 Å². The van der Waals surface area contributed by atoms with Gasteiger partial charge in [-0.3, -0.25) is 0 Å². The molecule has 0 radical (unpaired) electrons. The Balaban J connectivity index is 2.44. The lowest BCUT2D eigenvalue weighted by atomic mass is 10.0. The van der Waals surface area contributed by atoms with Crippen molar-refractivity contribution in [2.75, 3.05) is 14.2 Å². The summed E-state index contributed by atoms with van der Waals surface area (Å²) in [4.78, 5) is 0. The molecular formula is C13H12BrFO3S. The molecule has 0 aliphatic heterocycles. The van der Waals surface area contributed by atoms with Gasteiger partial charge < -0.3 is 14.6 Å². The number of aliphatic hydroxyl groups is 1. The molecule has 1 atom stereocenters. The first kappa shape index (κ1) is 14.3. The summed E-state index contributed by atoms with van der Waals surface area (Å²) in [5.74, 6) is 0.141. The first-order valence-corrected chi connectivity index (χ1v) is 7.07. The van der Waals surface area contributed by atoms with Gasteiger partial charge in [0.15, 0.2) is 11.5 Å². The lowest BCUT2D eigenvalue weighted by Crippen LogP contribution is -2.03.